The van der Waals surface area contributed by atoms with E-state index < -0.39 is 15.6 Å². The van der Waals surface area contributed by atoms with Gasteiger partial charge in [-0.15, -0.1) is 12.4 Å². The van der Waals surface area contributed by atoms with Crippen LogP contribution in [0.3, 0.4) is 0 Å². The van der Waals surface area contributed by atoms with Gasteiger partial charge in [-0.25, -0.2) is 13.1 Å². The molecular formula is C13H19Cl3N2O3S. The topological polar surface area (TPSA) is 67.4 Å². The van der Waals surface area contributed by atoms with E-state index in [0.717, 1.165) is 24.9 Å². The Morgan fingerprint density at radius 3 is 2.68 bits per heavy atom. The Morgan fingerprint density at radius 1 is 1.32 bits per heavy atom. The smallest absolute Gasteiger partial charge is 0.208 e. The molecule has 22 heavy (non-hydrogen) atoms. The van der Waals surface area contributed by atoms with Crippen molar-refractivity contribution in [3.05, 3.63) is 33.8 Å². The Labute approximate surface area is 147 Å². The number of nitrogens with one attached hydrogen (secondary N) is 2. The molecule has 0 bridgehead atoms. The molecule has 2 rings (SSSR count). The van der Waals surface area contributed by atoms with Crippen LogP contribution < -0.4 is 10.0 Å². The van der Waals surface area contributed by atoms with Gasteiger partial charge in [-0.3, -0.25) is 0 Å². The predicted molar refractivity (Wildman–Crippen MR) is 91.7 cm³/mol. The third-order valence-electron chi connectivity index (χ3n) is 3.43. The standard InChI is InChI=1S/C13H18Cl2N2O3S.ClH/c1-21(18,19)17-9-13(4-5-16-6-7-20-13)10-2-3-11(14)12(15)8-10;/h2-3,8,16-17H,4-7,9H2,1H3;1H/t13-;/m1./s1. The Morgan fingerprint density at radius 2 is 2.05 bits per heavy atom. The van der Waals surface area contributed by atoms with Gasteiger partial charge in [0.05, 0.1) is 22.9 Å². The zero-order valence-corrected chi connectivity index (χ0v) is 15.2. The molecule has 1 aliphatic rings. The van der Waals surface area contributed by atoms with Crippen molar-refractivity contribution < 1.29 is 13.2 Å². The molecule has 1 aromatic carbocycles. The second-order valence-electron chi connectivity index (χ2n) is 5.06. The molecule has 9 heteroatoms. The summed E-state index contributed by atoms with van der Waals surface area (Å²) in [6.07, 6.45) is 1.76. The second kappa shape index (κ2) is 8.15. The van der Waals surface area contributed by atoms with Crippen molar-refractivity contribution in [3.63, 3.8) is 0 Å². The minimum absolute atomic E-state index is 0. The van der Waals surface area contributed by atoms with Gasteiger partial charge in [-0.1, -0.05) is 29.3 Å². The summed E-state index contributed by atoms with van der Waals surface area (Å²) in [6.45, 7) is 2.10. The van der Waals surface area contributed by atoms with Crippen LogP contribution >= 0.6 is 35.6 Å². The average Bonchev–Trinajstić information content (AvgIpc) is 2.65. The molecule has 1 aromatic rings. The zero-order chi connectivity index (χ0) is 15.5. The summed E-state index contributed by atoms with van der Waals surface area (Å²) in [5, 5.41) is 4.12. The summed E-state index contributed by atoms with van der Waals surface area (Å²) >= 11 is 12.0. The molecule has 1 heterocycles. The van der Waals surface area contributed by atoms with Gasteiger partial charge < -0.3 is 10.1 Å². The van der Waals surface area contributed by atoms with E-state index in [9.17, 15) is 8.42 Å². The molecule has 0 amide bonds. The van der Waals surface area contributed by atoms with Crippen molar-refractivity contribution in [2.45, 2.75) is 12.0 Å². The largest absolute Gasteiger partial charge is 0.368 e. The molecule has 5 nitrogen and oxygen atoms in total. The number of rotatable bonds is 4. The van der Waals surface area contributed by atoms with E-state index in [4.69, 9.17) is 27.9 Å². The normalized spacial score (nSPS) is 22.7. The first kappa shape index (κ1) is 20.0. The van der Waals surface area contributed by atoms with Crippen LogP contribution in [-0.2, 0) is 20.4 Å². The van der Waals surface area contributed by atoms with E-state index >= 15 is 0 Å². The first-order valence-corrected chi connectivity index (χ1v) is 9.22. The predicted octanol–water partition coefficient (Wildman–Crippen LogP) is 2.17. The summed E-state index contributed by atoms with van der Waals surface area (Å²) in [4.78, 5) is 0. The van der Waals surface area contributed by atoms with Gasteiger partial charge in [0.15, 0.2) is 0 Å². The van der Waals surface area contributed by atoms with Crippen LogP contribution in [0.5, 0.6) is 0 Å². The Hall–Kier alpha value is -0.0800. The van der Waals surface area contributed by atoms with E-state index in [1.54, 1.807) is 12.1 Å². The minimum Gasteiger partial charge on any atom is -0.368 e. The summed E-state index contributed by atoms with van der Waals surface area (Å²) in [5.74, 6) is 0. The first-order valence-electron chi connectivity index (χ1n) is 6.57. The maximum Gasteiger partial charge on any atom is 0.208 e. The van der Waals surface area contributed by atoms with Crippen molar-refractivity contribution in [2.75, 3.05) is 32.5 Å². The molecule has 126 valence electrons. The van der Waals surface area contributed by atoms with E-state index in [0.29, 0.717) is 23.1 Å². The number of halogens is 3. The van der Waals surface area contributed by atoms with E-state index in [2.05, 4.69) is 10.0 Å². The fraction of sp³-hybridized carbons (Fsp3) is 0.538. The Balaban J connectivity index is 0.00000242. The van der Waals surface area contributed by atoms with Crippen molar-refractivity contribution in [1.29, 1.82) is 0 Å². The van der Waals surface area contributed by atoms with Gasteiger partial charge in [0.1, 0.15) is 5.60 Å². The zero-order valence-electron chi connectivity index (χ0n) is 12.1. The lowest BCUT2D eigenvalue weighted by molar-refractivity contribution is -0.0381. The lowest BCUT2D eigenvalue weighted by atomic mass is 9.90. The van der Waals surface area contributed by atoms with Gasteiger partial charge in [0.25, 0.3) is 0 Å². The van der Waals surface area contributed by atoms with Crippen LogP contribution in [0.4, 0.5) is 0 Å². The summed E-state index contributed by atoms with van der Waals surface area (Å²) in [5.41, 5.74) is 0.0672. The lowest BCUT2D eigenvalue weighted by Gasteiger charge is -2.33. The van der Waals surface area contributed by atoms with Gasteiger partial charge >= 0.3 is 0 Å². The molecule has 0 saturated carbocycles. The molecule has 2 N–H and O–H groups in total. The molecule has 0 aliphatic carbocycles. The second-order valence-corrected chi connectivity index (χ2v) is 7.71. The van der Waals surface area contributed by atoms with Crippen LogP contribution in [0.2, 0.25) is 10.0 Å². The molecule has 1 saturated heterocycles. The molecule has 0 spiro atoms. The summed E-state index contributed by atoms with van der Waals surface area (Å²) in [6, 6.07) is 5.26. The first-order chi connectivity index (χ1) is 9.82. The highest BCUT2D eigenvalue weighted by Crippen LogP contribution is 2.34. The number of hydrogen-bond donors (Lipinski definition) is 2. The maximum absolute atomic E-state index is 11.4. The van der Waals surface area contributed by atoms with Gasteiger partial charge in [0, 0.05) is 13.1 Å². The fourth-order valence-electron chi connectivity index (χ4n) is 2.30. The SMILES string of the molecule is CS(=O)(=O)NC[C@@]1(c2ccc(Cl)c(Cl)c2)CCNCCO1.Cl. The fourth-order valence-corrected chi connectivity index (χ4v) is 3.10. The third-order valence-corrected chi connectivity index (χ3v) is 4.84. The number of sulfonamides is 1. The van der Waals surface area contributed by atoms with Crippen LogP contribution in [0.15, 0.2) is 18.2 Å². The Bertz CT molecular complexity index is 603. The number of hydrogen-bond acceptors (Lipinski definition) is 4. The van der Waals surface area contributed by atoms with Crippen molar-refractivity contribution in [2.24, 2.45) is 0 Å². The summed E-state index contributed by atoms with van der Waals surface area (Å²) in [7, 11) is -3.31. The highest BCUT2D eigenvalue weighted by atomic mass is 35.5. The van der Waals surface area contributed by atoms with Crippen LogP contribution in [0.25, 0.3) is 0 Å². The minimum atomic E-state index is -3.31. The molecule has 0 radical (unpaired) electrons. The van der Waals surface area contributed by atoms with Gasteiger partial charge in [-0.2, -0.15) is 0 Å². The molecular weight excluding hydrogens is 371 g/mol. The molecule has 1 fully saturated rings. The van der Waals surface area contributed by atoms with Crippen molar-refractivity contribution in [3.8, 4) is 0 Å². The van der Waals surface area contributed by atoms with Gasteiger partial charge in [0.2, 0.25) is 10.0 Å². The monoisotopic (exact) mass is 388 g/mol. The highest BCUT2D eigenvalue weighted by Gasteiger charge is 2.35. The van der Waals surface area contributed by atoms with Crippen LogP contribution in [-0.4, -0.2) is 40.9 Å². The maximum atomic E-state index is 11.4. The number of ether oxygens (including phenoxy) is 1. The van der Waals surface area contributed by atoms with Crippen LogP contribution in [0, 0.1) is 0 Å². The van der Waals surface area contributed by atoms with Crippen molar-refractivity contribution in [1.82, 2.24) is 10.0 Å². The van der Waals surface area contributed by atoms with Gasteiger partial charge in [-0.05, 0) is 30.7 Å². The van der Waals surface area contributed by atoms with Crippen LogP contribution in [0.1, 0.15) is 12.0 Å². The molecule has 1 atom stereocenters. The van der Waals surface area contributed by atoms with E-state index in [1.807, 2.05) is 6.07 Å². The average molecular weight is 390 g/mol. The third kappa shape index (κ3) is 5.23. The number of benzene rings is 1. The lowest BCUT2D eigenvalue weighted by Crippen LogP contribution is -2.43. The van der Waals surface area contributed by atoms with E-state index in [1.165, 1.54) is 0 Å². The molecule has 1 aliphatic heterocycles. The molecule has 0 aromatic heterocycles. The van der Waals surface area contributed by atoms with E-state index in [-0.39, 0.29) is 19.0 Å². The van der Waals surface area contributed by atoms with Crippen molar-refractivity contribution >= 4 is 45.6 Å². The summed E-state index contributed by atoms with van der Waals surface area (Å²) < 4.78 is 31.4. The quantitative estimate of drug-likeness (QED) is 0.828. The molecule has 0 unspecified atom stereocenters. The highest BCUT2D eigenvalue weighted by molar-refractivity contribution is 7.88. The Kier molecular flexibility index (Phi) is 7.39.